The summed E-state index contributed by atoms with van der Waals surface area (Å²) in [4.78, 5) is 34.9. The Morgan fingerprint density at radius 2 is 1.96 bits per heavy atom. The van der Waals surface area contributed by atoms with Gasteiger partial charge in [-0.1, -0.05) is 13.8 Å². The SMILES string of the molecule is COC(=O)CCNC(=O)[C@@H]1OP(=O)(N[C@@H](C)C(=O)OC)OCC1(C)C.[HH].[HH]. The topological polar surface area (TPSA) is 129 Å². The molecule has 10 nitrogen and oxygen atoms in total. The van der Waals surface area contributed by atoms with Gasteiger partial charge in [-0.25, -0.2) is 9.65 Å². The number of carbonyl (C=O) groups excluding carboxylic acids is 3. The van der Waals surface area contributed by atoms with Gasteiger partial charge in [-0.2, -0.15) is 0 Å². The first-order valence-corrected chi connectivity index (χ1v) is 9.22. The van der Waals surface area contributed by atoms with Gasteiger partial charge in [0, 0.05) is 14.8 Å². The van der Waals surface area contributed by atoms with Gasteiger partial charge < -0.3 is 14.8 Å². The highest BCUT2D eigenvalue weighted by atomic mass is 31.2. The Morgan fingerprint density at radius 3 is 2.52 bits per heavy atom. The number of rotatable bonds is 7. The number of hydrogen-bond acceptors (Lipinski definition) is 8. The van der Waals surface area contributed by atoms with E-state index in [0.717, 1.165) is 0 Å². The van der Waals surface area contributed by atoms with Gasteiger partial charge in [0.05, 0.1) is 27.2 Å². The summed E-state index contributed by atoms with van der Waals surface area (Å²) >= 11 is 0. The van der Waals surface area contributed by atoms with Crippen LogP contribution in [-0.2, 0) is 37.5 Å². The van der Waals surface area contributed by atoms with Crippen LogP contribution in [0.15, 0.2) is 0 Å². The van der Waals surface area contributed by atoms with Gasteiger partial charge in [0.15, 0.2) is 6.10 Å². The monoisotopic (exact) mass is 384 g/mol. The van der Waals surface area contributed by atoms with Crippen LogP contribution >= 0.6 is 7.75 Å². The molecule has 1 unspecified atom stereocenters. The third-order valence-corrected chi connectivity index (χ3v) is 5.22. The van der Waals surface area contributed by atoms with E-state index in [1.54, 1.807) is 13.8 Å². The summed E-state index contributed by atoms with van der Waals surface area (Å²) in [5, 5.41) is 4.97. The van der Waals surface area contributed by atoms with Crippen molar-refractivity contribution in [3.8, 4) is 0 Å². The Balaban J connectivity index is 0. The van der Waals surface area contributed by atoms with Crippen molar-refractivity contribution in [1.82, 2.24) is 10.4 Å². The zero-order valence-electron chi connectivity index (χ0n) is 15.0. The van der Waals surface area contributed by atoms with E-state index in [4.69, 9.17) is 9.05 Å². The van der Waals surface area contributed by atoms with E-state index in [2.05, 4.69) is 19.9 Å². The zero-order chi connectivity index (χ0) is 19.3. The molecule has 1 saturated heterocycles. The Bertz CT molecular complexity index is 575. The summed E-state index contributed by atoms with van der Waals surface area (Å²) in [6.45, 7) is 4.89. The van der Waals surface area contributed by atoms with Crippen LogP contribution in [-0.4, -0.2) is 57.4 Å². The molecule has 25 heavy (non-hydrogen) atoms. The third kappa shape index (κ3) is 6.07. The highest BCUT2D eigenvalue weighted by Crippen LogP contribution is 2.53. The molecule has 0 spiro atoms. The molecule has 0 saturated carbocycles. The van der Waals surface area contributed by atoms with Crippen LogP contribution in [0.25, 0.3) is 0 Å². The van der Waals surface area contributed by atoms with E-state index >= 15 is 0 Å². The van der Waals surface area contributed by atoms with Crippen molar-refractivity contribution in [2.24, 2.45) is 5.41 Å². The minimum absolute atomic E-state index is 0. The zero-order valence-corrected chi connectivity index (χ0v) is 15.9. The predicted molar refractivity (Wildman–Crippen MR) is 90.7 cm³/mol. The average Bonchev–Trinajstić information content (AvgIpc) is 2.56. The van der Waals surface area contributed by atoms with Gasteiger partial charge in [0.2, 0.25) is 5.91 Å². The Labute approximate surface area is 149 Å². The molecule has 148 valence electrons. The molecule has 1 amide bonds. The summed E-state index contributed by atoms with van der Waals surface area (Å²) in [6.07, 6.45) is -1.09. The second kappa shape index (κ2) is 8.75. The molecule has 1 aliphatic rings. The number of esters is 2. The number of ether oxygens (including phenoxy) is 2. The molecule has 0 aromatic rings. The summed E-state index contributed by atoms with van der Waals surface area (Å²) in [5.41, 5.74) is -0.764. The molecule has 1 fully saturated rings. The van der Waals surface area contributed by atoms with Crippen LogP contribution < -0.4 is 10.4 Å². The summed E-state index contributed by atoms with van der Waals surface area (Å²) in [7, 11) is -1.44. The van der Waals surface area contributed by atoms with Gasteiger partial charge >= 0.3 is 19.7 Å². The Morgan fingerprint density at radius 1 is 1.32 bits per heavy atom. The van der Waals surface area contributed by atoms with Crippen LogP contribution in [0.4, 0.5) is 0 Å². The molecular weight excluding hydrogens is 355 g/mol. The first kappa shape index (κ1) is 21.6. The Kier molecular flexibility index (Phi) is 7.55. The molecule has 0 aromatic carbocycles. The molecular formula is C14H29N2O8P. The molecule has 0 radical (unpaired) electrons. The van der Waals surface area contributed by atoms with Crippen molar-refractivity contribution in [1.29, 1.82) is 0 Å². The lowest BCUT2D eigenvalue weighted by molar-refractivity contribution is -0.142. The number of nitrogens with one attached hydrogen (secondary N) is 2. The van der Waals surface area contributed by atoms with E-state index in [9.17, 15) is 18.9 Å². The summed E-state index contributed by atoms with van der Waals surface area (Å²) < 4.78 is 32.3. The fourth-order valence-corrected chi connectivity index (χ4v) is 4.00. The largest absolute Gasteiger partial charge is 0.469 e. The molecule has 2 N–H and O–H groups in total. The summed E-state index contributed by atoms with van der Waals surface area (Å²) in [6, 6.07) is -0.944. The maximum Gasteiger partial charge on any atom is 0.407 e. The third-order valence-electron chi connectivity index (χ3n) is 3.56. The smallest absolute Gasteiger partial charge is 0.407 e. The highest BCUT2D eigenvalue weighted by Gasteiger charge is 2.48. The van der Waals surface area contributed by atoms with Crippen molar-refractivity contribution in [3.63, 3.8) is 0 Å². The molecule has 1 rings (SSSR count). The van der Waals surface area contributed by atoms with Gasteiger partial charge in [0.1, 0.15) is 6.04 Å². The van der Waals surface area contributed by atoms with Crippen molar-refractivity contribution in [2.75, 3.05) is 27.4 Å². The molecule has 0 bridgehead atoms. The maximum absolute atomic E-state index is 12.7. The average molecular weight is 384 g/mol. The lowest BCUT2D eigenvalue weighted by atomic mass is 9.87. The maximum atomic E-state index is 12.7. The molecule has 1 heterocycles. The van der Waals surface area contributed by atoms with Crippen molar-refractivity contribution < 1.29 is 40.3 Å². The molecule has 0 aliphatic carbocycles. The second-order valence-corrected chi connectivity index (χ2v) is 7.96. The predicted octanol–water partition coefficient (Wildman–Crippen LogP) is 0.859. The van der Waals surface area contributed by atoms with E-state index in [0.29, 0.717) is 0 Å². The van der Waals surface area contributed by atoms with E-state index < -0.39 is 43.2 Å². The van der Waals surface area contributed by atoms with Crippen molar-refractivity contribution >= 4 is 25.6 Å². The normalized spacial score (nSPS) is 26.4. The second-order valence-electron chi connectivity index (χ2n) is 6.24. The minimum atomic E-state index is -3.89. The quantitative estimate of drug-likeness (QED) is 0.485. The fourth-order valence-electron chi connectivity index (χ4n) is 2.06. The van der Waals surface area contributed by atoms with E-state index in [-0.39, 0.29) is 22.4 Å². The standard InChI is InChI=1S/C14H25N2O8P.2H2/c1-9(13(19)22-5)16-25(20)23-8-14(2,3)11(24-25)12(18)15-7-6-10(17)21-4;;/h9,11H,6-8H2,1-5H3,(H,15,18)(H,16,20);2*1H/t9-,11-,25?;;/m0../s1. The fraction of sp³-hybridized carbons (Fsp3) is 0.786. The van der Waals surface area contributed by atoms with E-state index in [1.165, 1.54) is 21.1 Å². The minimum Gasteiger partial charge on any atom is -0.469 e. The lowest BCUT2D eigenvalue weighted by Crippen LogP contribution is -2.51. The van der Waals surface area contributed by atoms with E-state index in [1.807, 2.05) is 0 Å². The van der Waals surface area contributed by atoms with Crippen molar-refractivity contribution in [2.45, 2.75) is 39.3 Å². The van der Waals surface area contributed by atoms with Crippen LogP contribution in [0.1, 0.15) is 30.0 Å². The summed E-state index contributed by atoms with van der Waals surface area (Å²) in [5.74, 6) is -1.65. The molecule has 3 atom stereocenters. The van der Waals surface area contributed by atoms with Gasteiger partial charge in [0.25, 0.3) is 0 Å². The molecule has 11 heteroatoms. The molecule has 1 aliphatic heterocycles. The highest BCUT2D eigenvalue weighted by molar-refractivity contribution is 7.51. The van der Waals surface area contributed by atoms with Gasteiger partial charge in [-0.15, -0.1) is 0 Å². The first-order chi connectivity index (χ1) is 11.5. The number of amides is 1. The number of hydrogen-bond donors (Lipinski definition) is 2. The van der Waals surface area contributed by atoms with Crippen LogP contribution in [0.2, 0.25) is 0 Å². The first-order valence-electron chi connectivity index (χ1n) is 7.68. The number of carbonyl (C=O) groups is 3. The molecule has 0 aromatic heterocycles. The Hall–Kier alpha value is -1.48. The van der Waals surface area contributed by atoms with Gasteiger partial charge in [-0.05, 0) is 6.92 Å². The van der Waals surface area contributed by atoms with Crippen LogP contribution in [0, 0.1) is 5.41 Å². The number of methoxy groups -OCH3 is 2. The van der Waals surface area contributed by atoms with Crippen molar-refractivity contribution in [3.05, 3.63) is 0 Å². The van der Waals surface area contributed by atoms with Crippen LogP contribution in [0.5, 0.6) is 0 Å². The van der Waals surface area contributed by atoms with Gasteiger partial charge in [-0.3, -0.25) is 23.4 Å². The lowest BCUT2D eigenvalue weighted by Gasteiger charge is -2.40. The van der Waals surface area contributed by atoms with Crippen LogP contribution in [0.3, 0.4) is 0 Å².